The van der Waals surface area contributed by atoms with Gasteiger partial charge in [0.2, 0.25) is 5.91 Å². The predicted octanol–water partition coefficient (Wildman–Crippen LogP) is 8.30. The third-order valence-corrected chi connectivity index (χ3v) is 13.8. The molecule has 60 heavy (non-hydrogen) atoms. The van der Waals surface area contributed by atoms with Gasteiger partial charge in [0, 0.05) is 46.8 Å². The van der Waals surface area contributed by atoms with Crippen molar-refractivity contribution in [1.82, 2.24) is 15.1 Å². The van der Waals surface area contributed by atoms with E-state index in [0.717, 1.165) is 104 Å². The molecule has 4 aromatic rings. The first-order chi connectivity index (χ1) is 28.7. The lowest BCUT2D eigenvalue weighted by Crippen LogP contribution is -2.39. The Hall–Kier alpha value is -3.94. The number of fused-ring (bicyclic) bond motifs is 3. The van der Waals surface area contributed by atoms with Gasteiger partial charge < -0.3 is 43.5 Å². The van der Waals surface area contributed by atoms with Crippen LogP contribution in [-0.2, 0) is 24.1 Å². The summed E-state index contributed by atoms with van der Waals surface area (Å²) in [4.78, 5) is 19.7. The van der Waals surface area contributed by atoms with E-state index in [9.17, 15) is 4.79 Å². The van der Waals surface area contributed by atoms with Gasteiger partial charge in [0.25, 0.3) is 0 Å². The first kappa shape index (κ1) is 47.1. The second kappa shape index (κ2) is 23.3. The molecule has 13 heteroatoms. The van der Waals surface area contributed by atoms with E-state index in [-0.39, 0.29) is 18.3 Å². The van der Waals surface area contributed by atoms with Crippen molar-refractivity contribution in [1.29, 1.82) is 0 Å². The Morgan fingerprint density at radius 3 is 2.25 bits per heavy atom. The van der Waals surface area contributed by atoms with E-state index in [2.05, 4.69) is 66.7 Å². The summed E-state index contributed by atoms with van der Waals surface area (Å²) < 4.78 is 33.1. The minimum Gasteiger partial charge on any atom is -0.496 e. The number of nitrogens with zero attached hydrogens (tertiary/aromatic N) is 2. The van der Waals surface area contributed by atoms with Crippen LogP contribution in [0.5, 0.6) is 34.5 Å². The van der Waals surface area contributed by atoms with Gasteiger partial charge in [-0.15, -0.1) is 35.9 Å². The van der Waals surface area contributed by atoms with E-state index in [1.54, 1.807) is 35.5 Å². The molecule has 10 nitrogen and oxygen atoms in total. The van der Waals surface area contributed by atoms with Crippen LogP contribution in [0.1, 0.15) is 41.5 Å². The fourth-order valence-electron chi connectivity index (χ4n) is 7.78. The third-order valence-electron chi connectivity index (χ3n) is 11.2. The summed E-state index contributed by atoms with van der Waals surface area (Å²) >= 11 is 3.73. The Morgan fingerprint density at radius 2 is 1.52 bits per heavy atom. The highest BCUT2D eigenvalue weighted by molar-refractivity contribution is 7.99. The molecule has 3 aliphatic rings. The van der Waals surface area contributed by atoms with Crippen molar-refractivity contribution in [3.63, 3.8) is 0 Å². The lowest BCUT2D eigenvalue weighted by atomic mass is 9.77. The lowest BCUT2D eigenvalue weighted by molar-refractivity contribution is -0.130. The number of nitrogens with one attached hydrogen (secondary N) is 1. The second-order valence-corrected chi connectivity index (χ2v) is 17.6. The number of halogens is 1. The van der Waals surface area contributed by atoms with Gasteiger partial charge in [0.15, 0.2) is 23.0 Å². The number of amides is 1. The molecule has 0 fully saturated rings. The topological polar surface area (TPSA) is 91.0 Å². The van der Waals surface area contributed by atoms with Crippen LogP contribution in [0.25, 0.3) is 0 Å². The van der Waals surface area contributed by atoms with E-state index in [1.807, 2.05) is 58.8 Å². The molecule has 0 saturated heterocycles. The fourth-order valence-corrected chi connectivity index (χ4v) is 9.87. The first-order valence-electron chi connectivity index (χ1n) is 20.5. The molecule has 1 aliphatic carbocycles. The minimum atomic E-state index is 0. The summed E-state index contributed by atoms with van der Waals surface area (Å²) in [6.07, 6.45) is 3.27. The van der Waals surface area contributed by atoms with Crippen molar-refractivity contribution < 1.29 is 33.2 Å². The maximum atomic E-state index is 12.9. The van der Waals surface area contributed by atoms with Crippen LogP contribution in [-0.4, -0.2) is 115 Å². The monoisotopic (exact) mass is 879 g/mol. The van der Waals surface area contributed by atoms with Gasteiger partial charge in [-0.05, 0) is 116 Å². The molecular formula is C47H62ClN3O7S2. The van der Waals surface area contributed by atoms with E-state index in [4.69, 9.17) is 28.4 Å². The van der Waals surface area contributed by atoms with Gasteiger partial charge in [0.1, 0.15) is 18.1 Å². The Labute approximate surface area is 371 Å². The van der Waals surface area contributed by atoms with Gasteiger partial charge in [0.05, 0.1) is 48.0 Å². The van der Waals surface area contributed by atoms with Crippen molar-refractivity contribution in [3.8, 4) is 34.5 Å². The zero-order valence-corrected chi connectivity index (χ0v) is 38.6. The van der Waals surface area contributed by atoms with Gasteiger partial charge in [-0.3, -0.25) is 4.79 Å². The Kier molecular flexibility index (Phi) is 18.3. The Morgan fingerprint density at radius 1 is 0.867 bits per heavy atom. The number of benzene rings is 4. The quantitative estimate of drug-likeness (QED) is 0.104. The van der Waals surface area contributed by atoms with Crippen molar-refractivity contribution >= 4 is 41.8 Å². The molecule has 7 rings (SSSR count). The normalized spacial score (nSPS) is 17.1. The molecule has 0 radical (unpaired) electrons. The Balaban J connectivity index is 0.000000234. The molecule has 0 spiro atoms. The number of likely N-dealkylation sites (N-methyl/N-ethyl adjacent to an activating group) is 1. The highest BCUT2D eigenvalue weighted by atomic mass is 35.5. The summed E-state index contributed by atoms with van der Waals surface area (Å²) in [7, 11) is 10.5. The summed E-state index contributed by atoms with van der Waals surface area (Å²) in [5, 5.41) is 3.67. The van der Waals surface area contributed by atoms with Gasteiger partial charge >= 0.3 is 0 Å². The molecule has 1 amide bonds. The van der Waals surface area contributed by atoms with Crippen LogP contribution < -0.4 is 33.7 Å². The number of ether oxygens (including phenoxy) is 6. The highest BCUT2D eigenvalue weighted by Gasteiger charge is 2.30. The van der Waals surface area contributed by atoms with Crippen LogP contribution in [0.4, 0.5) is 0 Å². The Bertz CT molecular complexity index is 1980. The molecule has 1 N–H and O–H groups in total. The standard InChI is InChI=1S/C27H36N2O5.C20H25NO2S2.ClH/c1-28(17-21-11-20-14-25(33-4)26(34-5)16-22(20)21)8-6-9-29-10-7-18-12-23(31-2)24(32-3)13-19(18)15-27(29)30;1-15(13-24-19-9-5-3-7-17(19)22-2)11-21-16-12-23-18-8-4-6-10-20(18)25-14-16;/h12-14,16,21H,6-11,15,17H2,1-5H3;3-10,15-16,21H,11-14H2,1-2H3;1H/t21-;15-,16+;/m10./s1. The highest BCUT2D eigenvalue weighted by Crippen LogP contribution is 2.42. The fraction of sp³-hybridized carbons (Fsp3) is 0.468. The van der Waals surface area contributed by atoms with Crippen LogP contribution in [0.2, 0.25) is 0 Å². The molecule has 2 aliphatic heterocycles. The molecule has 2 heterocycles. The number of carbonyl (C=O) groups excluding carboxylic acids is 1. The zero-order valence-electron chi connectivity index (χ0n) is 36.1. The average molecular weight is 881 g/mol. The first-order valence-corrected chi connectivity index (χ1v) is 22.5. The number of rotatable bonds is 17. The zero-order chi connectivity index (χ0) is 41.7. The van der Waals surface area contributed by atoms with Crippen molar-refractivity contribution in [3.05, 3.63) is 95.1 Å². The molecule has 0 unspecified atom stereocenters. The molecule has 0 bridgehead atoms. The SMILES string of the molecule is COc1cc2c(cc1OC)CC(=O)N(CCCN(C)C[C@H]1Cc3cc(OC)c(OC)cc31)CC2.COc1ccccc1SC[C@@H](C)CN[C@@H]1COc2ccccc2SC1.Cl. The van der Waals surface area contributed by atoms with E-state index < -0.39 is 0 Å². The van der Waals surface area contributed by atoms with E-state index in [1.165, 1.54) is 26.5 Å². The summed E-state index contributed by atoms with van der Waals surface area (Å²) in [6, 6.07) is 25.1. The van der Waals surface area contributed by atoms with Crippen LogP contribution in [0, 0.1) is 5.92 Å². The smallest absolute Gasteiger partial charge is 0.227 e. The maximum absolute atomic E-state index is 12.9. The number of hydrogen-bond donors (Lipinski definition) is 1. The summed E-state index contributed by atoms with van der Waals surface area (Å²) in [6.45, 7) is 7.48. The third kappa shape index (κ3) is 12.3. The van der Waals surface area contributed by atoms with Gasteiger partial charge in [-0.1, -0.05) is 31.2 Å². The van der Waals surface area contributed by atoms with Crippen LogP contribution in [0.3, 0.4) is 0 Å². The van der Waals surface area contributed by atoms with Gasteiger partial charge in [-0.2, -0.15) is 0 Å². The molecular weight excluding hydrogens is 818 g/mol. The summed E-state index contributed by atoms with van der Waals surface area (Å²) in [5.74, 6) is 8.34. The number of para-hydroxylation sites is 2. The van der Waals surface area contributed by atoms with Crippen molar-refractivity contribution in [2.75, 3.05) is 93.4 Å². The molecule has 326 valence electrons. The van der Waals surface area contributed by atoms with E-state index in [0.29, 0.717) is 30.0 Å². The summed E-state index contributed by atoms with van der Waals surface area (Å²) in [5.41, 5.74) is 4.91. The largest absolute Gasteiger partial charge is 0.496 e. The van der Waals surface area contributed by atoms with Crippen molar-refractivity contribution in [2.24, 2.45) is 5.92 Å². The van der Waals surface area contributed by atoms with Crippen LogP contribution >= 0.6 is 35.9 Å². The maximum Gasteiger partial charge on any atom is 0.227 e. The number of thioether (sulfide) groups is 2. The predicted molar refractivity (Wildman–Crippen MR) is 246 cm³/mol. The minimum absolute atomic E-state index is 0. The lowest BCUT2D eigenvalue weighted by Gasteiger charge is -2.34. The second-order valence-electron chi connectivity index (χ2n) is 15.4. The van der Waals surface area contributed by atoms with Crippen molar-refractivity contribution in [2.45, 2.75) is 54.4 Å². The van der Waals surface area contributed by atoms with E-state index >= 15 is 0 Å². The molecule has 4 aromatic carbocycles. The van der Waals surface area contributed by atoms with Gasteiger partial charge in [-0.25, -0.2) is 0 Å². The number of hydrogen-bond acceptors (Lipinski definition) is 11. The molecule has 0 aromatic heterocycles. The molecule has 3 atom stereocenters. The average Bonchev–Trinajstić information content (AvgIpc) is 3.56. The molecule has 0 saturated carbocycles. The number of carbonyl (C=O) groups is 1. The number of methoxy groups -OCH3 is 5. The van der Waals surface area contributed by atoms with Crippen LogP contribution in [0.15, 0.2) is 82.6 Å².